The molecule has 0 aliphatic carbocycles. The van der Waals surface area contributed by atoms with E-state index in [1.165, 1.54) is 13.0 Å². The number of aromatic nitrogens is 1. The van der Waals surface area contributed by atoms with Crippen LogP contribution in [0.1, 0.15) is 44.2 Å². The topological polar surface area (TPSA) is 65.7 Å². The Morgan fingerprint density at radius 1 is 1.30 bits per heavy atom. The molecule has 0 radical (unpaired) electrons. The molecule has 23 heavy (non-hydrogen) atoms. The minimum Gasteiger partial charge on any atom is -0.361 e. The van der Waals surface area contributed by atoms with E-state index in [4.69, 9.17) is 9.52 Å². The SMILES string of the molecule is CCNC(=NCc1c(CC)noc1CC)NCC1CCN(C)C1. The summed E-state index contributed by atoms with van der Waals surface area (Å²) in [7, 11) is 2.18. The Bertz CT molecular complexity index is 490. The molecule has 2 rings (SSSR count). The summed E-state index contributed by atoms with van der Waals surface area (Å²) in [6.45, 7) is 11.1. The fourth-order valence-corrected chi connectivity index (χ4v) is 3.05. The van der Waals surface area contributed by atoms with E-state index >= 15 is 0 Å². The third-order valence-corrected chi connectivity index (χ3v) is 4.39. The van der Waals surface area contributed by atoms with Crippen LogP contribution in [0.4, 0.5) is 0 Å². The largest absolute Gasteiger partial charge is 0.361 e. The number of nitrogens with one attached hydrogen (secondary N) is 2. The van der Waals surface area contributed by atoms with E-state index < -0.39 is 0 Å². The number of aryl methyl sites for hydroxylation is 2. The van der Waals surface area contributed by atoms with Crippen LogP contribution in [0.3, 0.4) is 0 Å². The van der Waals surface area contributed by atoms with Crippen molar-refractivity contribution in [2.75, 3.05) is 33.2 Å². The maximum absolute atomic E-state index is 5.42. The second-order valence-corrected chi connectivity index (χ2v) is 6.23. The van der Waals surface area contributed by atoms with E-state index in [2.05, 4.69) is 48.5 Å². The van der Waals surface area contributed by atoms with Crippen molar-refractivity contribution in [1.82, 2.24) is 20.7 Å². The fourth-order valence-electron chi connectivity index (χ4n) is 3.05. The van der Waals surface area contributed by atoms with Crippen molar-refractivity contribution in [2.45, 2.75) is 46.6 Å². The van der Waals surface area contributed by atoms with Gasteiger partial charge >= 0.3 is 0 Å². The lowest BCUT2D eigenvalue weighted by molar-refractivity contribution is 0.380. The first kappa shape index (κ1) is 17.8. The maximum atomic E-state index is 5.42. The number of likely N-dealkylation sites (tertiary alicyclic amines) is 1. The van der Waals surface area contributed by atoms with Gasteiger partial charge in [0.05, 0.1) is 12.2 Å². The molecule has 2 heterocycles. The van der Waals surface area contributed by atoms with Crippen LogP contribution in [0.5, 0.6) is 0 Å². The molecule has 1 aromatic rings. The van der Waals surface area contributed by atoms with Crippen LogP contribution >= 0.6 is 0 Å². The first-order valence-electron chi connectivity index (χ1n) is 8.84. The van der Waals surface area contributed by atoms with Crippen LogP contribution in [0.15, 0.2) is 9.52 Å². The molecule has 0 spiro atoms. The number of hydrogen-bond acceptors (Lipinski definition) is 4. The van der Waals surface area contributed by atoms with Crippen LogP contribution in [-0.2, 0) is 19.4 Å². The van der Waals surface area contributed by atoms with Crippen LogP contribution in [0.25, 0.3) is 0 Å². The molecule has 1 fully saturated rings. The highest BCUT2D eigenvalue weighted by atomic mass is 16.5. The highest BCUT2D eigenvalue weighted by Crippen LogP contribution is 2.17. The summed E-state index contributed by atoms with van der Waals surface area (Å²) < 4.78 is 5.42. The third-order valence-electron chi connectivity index (χ3n) is 4.39. The van der Waals surface area contributed by atoms with Crippen LogP contribution in [0.2, 0.25) is 0 Å². The standard InChI is InChI=1S/C17H31N5O/c1-5-15-14(16(6-2)23-21-15)11-20-17(18-7-3)19-10-13-8-9-22(4)12-13/h13H,5-12H2,1-4H3,(H2,18,19,20). The van der Waals surface area contributed by atoms with E-state index in [0.717, 1.165) is 55.5 Å². The van der Waals surface area contributed by atoms with Gasteiger partial charge in [0.2, 0.25) is 0 Å². The molecule has 1 aliphatic rings. The Morgan fingerprint density at radius 2 is 2.13 bits per heavy atom. The Kier molecular flexibility index (Phi) is 6.89. The second kappa shape index (κ2) is 8.91. The van der Waals surface area contributed by atoms with E-state index in [1.54, 1.807) is 0 Å². The summed E-state index contributed by atoms with van der Waals surface area (Å²) in [5.74, 6) is 2.54. The van der Waals surface area contributed by atoms with Crippen molar-refractivity contribution < 1.29 is 4.52 Å². The Labute approximate surface area is 139 Å². The summed E-state index contributed by atoms with van der Waals surface area (Å²) in [6, 6.07) is 0. The van der Waals surface area contributed by atoms with Gasteiger partial charge in [-0.3, -0.25) is 0 Å². The molecule has 2 N–H and O–H groups in total. The van der Waals surface area contributed by atoms with Gasteiger partial charge in [0.25, 0.3) is 0 Å². The van der Waals surface area contributed by atoms with Crippen LogP contribution < -0.4 is 10.6 Å². The zero-order valence-electron chi connectivity index (χ0n) is 15.0. The normalized spacial score (nSPS) is 19.3. The van der Waals surface area contributed by atoms with Gasteiger partial charge in [-0.25, -0.2) is 4.99 Å². The second-order valence-electron chi connectivity index (χ2n) is 6.23. The highest BCUT2D eigenvalue weighted by Gasteiger charge is 2.19. The zero-order valence-corrected chi connectivity index (χ0v) is 15.0. The minimum absolute atomic E-state index is 0.621. The van der Waals surface area contributed by atoms with Crippen molar-refractivity contribution >= 4 is 5.96 Å². The fraction of sp³-hybridized carbons (Fsp3) is 0.765. The van der Waals surface area contributed by atoms with Crippen molar-refractivity contribution in [3.05, 3.63) is 17.0 Å². The van der Waals surface area contributed by atoms with Gasteiger partial charge in [-0.05, 0) is 39.3 Å². The van der Waals surface area contributed by atoms with Crippen molar-refractivity contribution in [3.63, 3.8) is 0 Å². The van der Waals surface area contributed by atoms with Crippen molar-refractivity contribution in [2.24, 2.45) is 10.9 Å². The minimum atomic E-state index is 0.621. The molecule has 0 amide bonds. The summed E-state index contributed by atoms with van der Waals surface area (Å²) in [5.41, 5.74) is 2.17. The monoisotopic (exact) mass is 321 g/mol. The number of aliphatic imine (C=N–C) groups is 1. The molecule has 1 saturated heterocycles. The third kappa shape index (κ3) is 4.96. The first-order chi connectivity index (χ1) is 11.2. The van der Waals surface area contributed by atoms with Crippen LogP contribution in [-0.4, -0.2) is 49.2 Å². The predicted octanol–water partition coefficient (Wildman–Crippen LogP) is 1.81. The van der Waals surface area contributed by atoms with Gasteiger partial charge in [-0.15, -0.1) is 0 Å². The highest BCUT2D eigenvalue weighted by molar-refractivity contribution is 5.79. The van der Waals surface area contributed by atoms with Gasteiger partial charge < -0.3 is 20.1 Å². The zero-order chi connectivity index (χ0) is 16.7. The molecular weight excluding hydrogens is 290 g/mol. The molecule has 1 aromatic heterocycles. The molecular formula is C17H31N5O. The van der Waals surface area contributed by atoms with E-state index in [9.17, 15) is 0 Å². The summed E-state index contributed by atoms with van der Waals surface area (Å²) >= 11 is 0. The van der Waals surface area contributed by atoms with Crippen LogP contribution in [0, 0.1) is 5.92 Å². The van der Waals surface area contributed by atoms with Crippen molar-refractivity contribution in [1.29, 1.82) is 0 Å². The van der Waals surface area contributed by atoms with Gasteiger partial charge in [0.15, 0.2) is 5.96 Å². The molecule has 1 atom stereocenters. The Hall–Kier alpha value is -1.56. The quantitative estimate of drug-likeness (QED) is 0.592. The van der Waals surface area contributed by atoms with Crippen molar-refractivity contribution in [3.8, 4) is 0 Å². The van der Waals surface area contributed by atoms with E-state index in [-0.39, 0.29) is 0 Å². The van der Waals surface area contributed by atoms with Gasteiger partial charge in [-0.1, -0.05) is 19.0 Å². The number of nitrogens with zero attached hydrogens (tertiary/aromatic N) is 3. The smallest absolute Gasteiger partial charge is 0.191 e. The number of guanidine groups is 1. The maximum Gasteiger partial charge on any atom is 0.191 e. The average Bonchev–Trinajstić information content (AvgIpc) is 3.15. The molecule has 0 saturated carbocycles. The number of rotatable bonds is 7. The van der Waals surface area contributed by atoms with E-state index in [0.29, 0.717) is 12.5 Å². The molecule has 6 nitrogen and oxygen atoms in total. The van der Waals surface area contributed by atoms with Gasteiger partial charge in [-0.2, -0.15) is 0 Å². The lowest BCUT2D eigenvalue weighted by Gasteiger charge is -2.15. The predicted molar refractivity (Wildman–Crippen MR) is 93.7 cm³/mol. The molecule has 130 valence electrons. The summed E-state index contributed by atoms with van der Waals surface area (Å²) in [4.78, 5) is 7.12. The van der Waals surface area contributed by atoms with E-state index in [1.807, 2.05) is 0 Å². The molecule has 1 aliphatic heterocycles. The summed E-state index contributed by atoms with van der Waals surface area (Å²) in [5, 5.41) is 11.0. The Morgan fingerprint density at radius 3 is 2.74 bits per heavy atom. The molecule has 1 unspecified atom stereocenters. The number of hydrogen-bond donors (Lipinski definition) is 2. The lowest BCUT2D eigenvalue weighted by atomic mass is 10.1. The molecule has 0 aromatic carbocycles. The average molecular weight is 321 g/mol. The first-order valence-corrected chi connectivity index (χ1v) is 8.84. The lowest BCUT2D eigenvalue weighted by Crippen LogP contribution is -2.40. The van der Waals surface area contributed by atoms with Gasteiger partial charge in [0, 0.05) is 31.6 Å². The molecule has 0 bridgehead atoms. The Balaban J connectivity index is 1.96. The summed E-state index contributed by atoms with van der Waals surface area (Å²) in [6.07, 6.45) is 3.00. The van der Waals surface area contributed by atoms with Gasteiger partial charge in [0.1, 0.15) is 5.76 Å². The molecule has 6 heteroatoms.